The Bertz CT molecular complexity index is 1390. The number of likely N-dealkylation sites (N-methyl/N-ethyl adjacent to an activating group) is 1. The standard InChI is InChI=1S/C16H21FN2S.C13H15FN2O2/c1-20-14-6-5-13-15(16(14)17)12(11-18-13)7-10-19-8-3-2-4-9-19;1-16(2)4-3-8-6-15-9-5-10-13(18-7-17-10)12(14)11(8)9/h5-6,11,18H,2-4,7-10H2,1H3;5-6,15H,3-4,7H2,1-2H3. The summed E-state index contributed by atoms with van der Waals surface area (Å²) in [6, 6.07) is 5.63. The molecule has 0 aliphatic carbocycles. The van der Waals surface area contributed by atoms with Crippen LogP contribution in [0.3, 0.4) is 0 Å². The molecule has 0 spiro atoms. The minimum atomic E-state index is -0.324. The molecule has 1 saturated heterocycles. The lowest BCUT2D eigenvalue weighted by molar-refractivity contribution is 0.171. The van der Waals surface area contributed by atoms with Crippen LogP contribution in [0.2, 0.25) is 0 Å². The minimum Gasteiger partial charge on any atom is -0.453 e. The molecule has 2 aromatic heterocycles. The first-order valence-corrected chi connectivity index (χ1v) is 14.5. The largest absolute Gasteiger partial charge is 0.453 e. The second-order valence-corrected chi connectivity index (χ2v) is 11.0. The van der Waals surface area contributed by atoms with Gasteiger partial charge in [0.2, 0.25) is 12.5 Å². The van der Waals surface area contributed by atoms with Gasteiger partial charge in [-0.25, -0.2) is 8.78 Å². The minimum absolute atomic E-state index is 0.0649. The fourth-order valence-corrected chi connectivity index (χ4v) is 5.74. The molecule has 2 N–H and O–H groups in total. The number of rotatable bonds is 7. The van der Waals surface area contributed by atoms with Crippen LogP contribution in [0.4, 0.5) is 8.78 Å². The zero-order valence-electron chi connectivity index (χ0n) is 22.3. The highest BCUT2D eigenvalue weighted by Crippen LogP contribution is 2.40. The second kappa shape index (κ2) is 12.0. The molecule has 0 amide bonds. The third-order valence-electron chi connectivity index (χ3n) is 7.35. The summed E-state index contributed by atoms with van der Waals surface area (Å²) in [6.07, 6.45) is 11.4. The Hall–Kier alpha value is -2.75. The van der Waals surface area contributed by atoms with Crippen molar-refractivity contribution in [2.24, 2.45) is 0 Å². The average molecular weight is 543 g/mol. The first-order chi connectivity index (χ1) is 18.5. The van der Waals surface area contributed by atoms with E-state index in [1.807, 2.05) is 44.9 Å². The van der Waals surface area contributed by atoms with Gasteiger partial charge in [0.05, 0.1) is 5.52 Å². The molecule has 38 heavy (non-hydrogen) atoms. The van der Waals surface area contributed by atoms with E-state index >= 15 is 0 Å². The Balaban J connectivity index is 0.000000156. The Morgan fingerprint density at radius 3 is 2.37 bits per heavy atom. The molecule has 2 aromatic carbocycles. The van der Waals surface area contributed by atoms with Gasteiger partial charge in [-0.2, -0.15) is 0 Å². The monoisotopic (exact) mass is 542 g/mol. The SMILES string of the molecule is CN(C)CCc1c[nH]c2cc3c(c(F)c12)OCO3.CSc1ccc2[nH]cc(CCN3CCCCC3)c2c1F. The fraction of sp³-hybridized carbons (Fsp3) is 0.448. The highest BCUT2D eigenvalue weighted by molar-refractivity contribution is 7.98. The van der Waals surface area contributed by atoms with Gasteiger partial charge in [-0.05, 0) is 82.4 Å². The molecule has 2 aliphatic heterocycles. The van der Waals surface area contributed by atoms with Crippen LogP contribution in [-0.4, -0.2) is 73.1 Å². The van der Waals surface area contributed by atoms with Gasteiger partial charge in [0.15, 0.2) is 11.6 Å². The fourth-order valence-electron chi connectivity index (χ4n) is 5.25. The predicted molar refractivity (Wildman–Crippen MR) is 151 cm³/mol. The van der Waals surface area contributed by atoms with Crippen LogP contribution in [-0.2, 0) is 12.8 Å². The Kier molecular flexibility index (Phi) is 8.45. The molecular weight excluding hydrogens is 506 g/mol. The predicted octanol–water partition coefficient (Wildman–Crippen LogP) is 6.20. The summed E-state index contributed by atoms with van der Waals surface area (Å²) in [5, 5.41) is 1.40. The number of hydrogen-bond acceptors (Lipinski definition) is 5. The summed E-state index contributed by atoms with van der Waals surface area (Å²) in [7, 11) is 4.00. The number of piperidine rings is 1. The molecule has 4 heterocycles. The van der Waals surface area contributed by atoms with Gasteiger partial charge in [-0.1, -0.05) is 6.42 Å². The van der Waals surface area contributed by atoms with Crippen molar-refractivity contribution >= 4 is 33.6 Å². The topological polar surface area (TPSA) is 56.5 Å². The van der Waals surface area contributed by atoms with Crippen LogP contribution in [0, 0.1) is 11.6 Å². The van der Waals surface area contributed by atoms with Crippen molar-refractivity contribution in [3.05, 3.63) is 53.4 Å². The smallest absolute Gasteiger partial charge is 0.231 e. The van der Waals surface area contributed by atoms with Crippen LogP contribution in [0.5, 0.6) is 11.5 Å². The zero-order valence-corrected chi connectivity index (χ0v) is 23.1. The number of aromatic amines is 2. The summed E-state index contributed by atoms with van der Waals surface area (Å²) in [5.74, 6) is 0.314. The summed E-state index contributed by atoms with van der Waals surface area (Å²) in [4.78, 5) is 11.6. The molecule has 9 heteroatoms. The van der Waals surface area contributed by atoms with Crippen molar-refractivity contribution in [1.29, 1.82) is 0 Å². The van der Waals surface area contributed by atoms with Gasteiger partial charge in [-0.15, -0.1) is 11.8 Å². The van der Waals surface area contributed by atoms with Crippen molar-refractivity contribution in [3.8, 4) is 11.5 Å². The van der Waals surface area contributed by atoms with Crippen LogP contribution in [0.25, 0.3) is 21.8 Å². The molecule has 6 nitrogen and oxygen atoms in total. The lowest BCUT2D eigenvalue weighted by Gasteiger charge is -2.26. The first-order valence-electron chi connectivity index (χ1n) is 13.2. The molecule has 0 saturated carbocycles. The van der Waals surface area contributed by atoms with Gasteiger partial charge >= 0.3 is 0 Å². The van der Waals surface area contributed by atoms with Gasteiger partial charge in [0.25, 0.3) is 0 Å². The molecule has 2 aliphatic rings. The highest BCUT2D eigenvalue weighted by atomic mass is 32.2. The van der Waals surface area contributed by atoms with Crippen molar-refractivity contribution in [2.75, 3.05) is 53.3 Å². The Morgan fingerprint density at radius 1 is 0.921 bits per heavy atom. The van der Waals surface area contributed by atoms with Crippen molar-refractivity contribution in [1.82, 2.24) is 19.8 Å². The van der Waals surface area contributed by atoms with Gasteiger partial charge in [0, 0.05) is 52.7 Å². The third-order valence-corrected chi connectivity index (χ3v) is 8.11. The van der Waals surface area contributed by atoms with E-state index in [1.165, 1.54) is 44.1 Å². The first kappa shape index (κ1) is 26.8. The highest BCUT2D eigenvalue weighted by Gasteiger charge is 2.23. The number of benzene rings is 2. The number of hydrogen-bond donors (Lipinski definition) is 2. The number of fused-ring (bicyclic) bond motifs is 3. The van der Waals surface area contributed by atoms with E-state index < -0.39 is 0 Å². The van der Waals surface area contributed by atoms with E-state index in [0.29, 0.717) is 11.1 Å². The number of aromatic nitrogens is 2. The molecular formula is C29H36F2N4O2S. The Labute approximate surface area is 226 Å². The maximum Gasteiger partial charge on any atom is 0.231 e. The third kappa shape index (κ3) is 5.65. The molecule has 204 valence electrons. The number of ether oxygens (including phenoxy) is 2. The van der Waals surface area contributed by atoms with E-state index in [-0.39, 0.29) is 24.2 Å². The van der Waals surface area contributed by atoms with Gasteiger partial charge < -0.3 is 29.2 Å². The summed E-state index contributed by atoms with van der Waals surface area (Å²) >= 11 is 1.47. The lowest BCUT2D eigenvalue weighted by Crippen LogP contribution is -2.31. The molecule has 1 fully saturated rings. The lowest BCUT2D eigenvalue weighted by atomic mass is 10.1. The molecule has 0 atom stereocenters. The van der Waals surface area contributed by atoms with E-state index in [2.05, 4.69) is 19.8 Å². The number of nitrogens with one attached hydrogen (secondary N) is 2. The van der Waals surface area contributed by atoms with Crippen LogP contribution in [0.15, 0.2) is 35.5 Å². The van der Waals surface area contributed by atoms with Crippen LogP contribution >= 0.6 is 11.8 Å². The number of H-pyrrole nitrogens is 2. The van der Waals surface area contributed by atoms with Crippen molar-refractivity contribution in [2.45, 2.75) is 37.0 Å². The second-order valence-electron chi connectivity index (χ2n) is 10.2. The van der Waals surface area contributed by atoms with E-state index in [1.54, 1.807) is 6.07 Å². The normalized spacial score (nSPS) is 15.4. The summed E-state index contributed by atoms with van der Waals surface area (Å²) < 4.78 is 39.2. The molecule has 4 aromatic rings. The maximum atomic E-state index is 14.5. The average Bonchev–Trinajstić information content (AvgIpc) is 3.66. The van der Waals surface area contributed by atoms with Crippen molar-refractivity contribution in [3.63, 3.8) is 0 Å². The van der Waals surface area contributed by atoms with E-state index in [0.717, 1.165) is 58.4 Å². The quantitative estimate of drug-likeness (QED) is 0.273. The molecule has 0 unspecified atom stereocenters. The van der Waals surface area contributed by atoms with Crippen LogP contribution in [0.1, 0.15) is 30.4 Å². The molecule has 6 rings (SSSR count). The van der Waals surface area contributed by atoms with Gasteiger partial charge in [-0.3, -0.25) is 0 Å². The Morgan fingerprint density at radius 2 is 1.63 bits per heavy atom. The number of likely N-dealkylation sites (tertiary alicyclic amines) is 1. The zero-order chi connectivity index (χ0) is 26.6. The van der Waals surface area contributed by atoms with Crippen LogP contribution < -0.4 is 9.47 Å². The number of nitrogens with zero attached hydrogens (tertiary/aromatic N) is 2. The number of halogens is 2. The molecule has 0 bridgehead atoms. The van der Waals surface area contributed by atoms with Gasteiger partial charge in [0.1, 0.15) is 5.82 Å². The maximum absolute atomic E-state index is 14.5. The van der Waals surface area contributed by atoms with E-state index in [4.69, 9.17) is 9.47 Å². The van der Waals surface area contributed by atoms with E-state index in [9.17, 15) is 8.78 Å². The van der Waals surface area contributed by atoms with Crippen molar-refractivity contribution < 1.29 is 18.3 Å². The number of thioether (sulfide) groups is 1. The summed E-state index contributed by atoms with van der Waals surface area (Å²) in [6.45, 7) is 4.39. The summed E-state index contributed by atoms with van der Waals surface area (Å²) in [5.41, 5.74) is 3.74. The molecule has 0 radical (unpaired) electrons.